The van der Waals surface area contributed by atoms with Crippen LogP contribution in [-0.4, -0.2) is 43.8 Å². The van der Waals surface area contributed by atoms with E-state index in [1.807, 2.05) is 31.2 Å². The Morgan fingerprint density at radius 3 is 2.11 bits per heavy atom. The average Bonchev–Trinajstić information content (AvgIpc) is 2.70. The van der Waals surface area contributed by atoms with Gasteiger partial charge in [0.05, 0.1) is 11.0 Å². The molecular weight excluding hydrogens is 358 g/mol. The molecule has 1 unspecified atom stereocenters. The van der Waals surface area contributed by atoms with Crippen LogP contribution in [0.3, 0.4) is 0 Å². The number of hydrogen-bond acceptors (Lipinski definition) is 4. The second-order valence-electron chi connectivity index (χ2n) is 6.88. The summed E-state index contributed by atoms with van der Waals surface area (Å²) in [6.45, 7) is 5.90. The zero-order valence-electron chi connectivity index (χ0n) is 15.8. The molecule has 0 amide bonds. The van der Waals surface area contributed by atoms with Gasteiger partial charge >= 0.3 is 0 Å². The number of piperazine rings is 1. The Balaban J connectivity index is 1.70. The molecule has 0 radical (unpaired) electrons. The van der Waals surface area contributed by atoms with Gasteiger partial charge in [0.15, 0.2) is 0 Å². The van der Waals surface area contributed by atoms with Crippen molar-refractivity contribution >= 4 is 10.0 Å². The maximum absolute atomic E-state index is 12.8. The first kappa shape index (κ1) is 19.6. The highest BCUT2D eigenvalue weighted by molar-refractivity contribution is 7.89. The highest BCUT2D eigenvalue weighted by Gasteiger charge is 2.31. The molecule has 0 aliphatic carbocycles. The smallest absolute Gasteiger partial charge is 0.243 e. The van der Waals surface area contributed by atoms with Crippen molar-refractivity contribution < 1.29 is 8.42 Å². The second kappa shape index (κ2) is 8.22. The van der Waals surface area contributed by atoms with Gasteiger partial charge in [-0.3, -0.25) is 4.90 Å². The molecule has 142 valence electrons. The minimum atomic E-state index is -3.48. The zero-order valence-corrected chi connectivity index (χ0v) is 16.6. The predicted octanol–water partition coefficient (Wildman–Crippen LogP) is 3.13. The fraction of sp³-hybridized carbons (Fsp3) is 0.381. The third-order valence-electron chi connectivity index (χ3n) is 5.12. The van der Waals surface area contributed by atoms with Gasteiger partial charge in [-0.25, -0.2) is 8.42 Å². The summed E-state index contributed by atoms with van der Waals surface area (Å²) in [6.07, 6.45) is 0.965. The molecule has 0 spiro atoms. The first-order valence-electron chi connectivity index (χ1n) is 9.25. The monoisotopic (exact) mass is 383 g/mol. The van der Waals surface area contributed by atoms with E-state index in [0.717, 1.165) is 17.5 Å². The molecule has 1 atom stereocenters. The SMILES string of the molecule is CCc1ccc(C(C#N)N2CCN(S(=O)(=O)c3ccc(C)cc3)CC2)cc1. The average molecular weight is 384 g/mol. The standard InChI is InChI=1S/C21H25N3O2S/c1-3-18-6-8-19(9-7-18)21(16-22)23-12-14-24(15-13-23)27(25,26)20-10-4-17(2)5-11-20/h4-11,21H,3,12-15H2,1-2H3. The molecular formula is C21H25N3O2S. The van der Waals surface area contributed by atoms with Crippen molar-refractivity contribution in [2.24, 2.45) is 0 Å². The number of sulfonamides is 1. The number of hydrogen-bond donors (Lipinski definition) is 0. The van der Waals surface area contributed by atoms with Crippen molar-refractivity contribution in [3.63, 3.8) is 0 Å². The van der Waals surface area contributed by atoms with Crippen molar-refractivity contribution in [3.05, 3.63) is 65.2 Å². The number of rotatable bonds is 5. The quantitative estimate of drug-likeness (QED) is 0.796. The van der Waals surface area contributed by atoms with Crippen molar-refractivity contribution in [2.75, 3.05) is 26.2 Å². The molecule has 1 heterocycles. The lowest BCUT2D eigenvalue weighted by Gasteiger charge is -2.36. The van der Waals surface area contributed by atoms with Crippen LogP contribution in [0.4, 0.5) is 0 Å². The molecule has 1 saturated heterocycles. The maximum atomic E-state index is 12.8. The lowest BCUT2D eigenvalue weighted by molar-refractivity contribution is 0.162. The Bertz CT molecular complexity index is 907. The summed E-state index contributed by atoms with van der Waals surface area (Å²) in [4.78, 5) is 2.39. The number of nitriles is 1. The highest BCUT2D eigenvalue weighted by atomic mass is 32.2. The van der Waals surface area contributed by atoms with Crippen molar-refractivity contribution in [2.45, 2.75) is 31.2 Å². The molecule has 1 fully saturated rings. The lowest BCUT2D eigenvalue weighted by atomic mass is 10.0. The first-order chi connectivity index (χ1) is 13.0. The normalized spacial score (nSPS) is 17.4. The Hall–Kier alpha value is -2.20. The third-order valence-corrected chi connectivity index (χ3v) is 7.04. The van der Waals surface area contributed by atoms with Crippen LogP contribution in [0.5, 0.6) is 0 Å². The van der Waals surface area contributed by atoms with Crippen LogP contribution in [0.25, 0.3) is 0 Å². The fourth-order valence-corrected chi connectivity index (χ4v) is 4.79. The van der Waals surface area contributed by atoms with Gasteiger partial charge in [0, 0.05) is 26.2 Å². The minimum absolute atomic E-state index is 0.327. The van der Waals surface area contributed by atoms with E-state index < -0.39 is 10.0 Å². The Morgan fingerprint density at radius 1 is 1.00 bits per heavy atom. The van der Waals surface area contributed by atoms with E-state index in [2.05, 4.69) is 30.0 Å². The van der Waals surface area contributed by atoms with Gasteiger partial charge < -0.3 is 0 Å². The van der Waals surface area contributed by atoms with Gasteiger partial charge in [-0.15, -0.1) is 0 Å². The van der Waals surface area contributed by atoms with E-state index in [0.29, 0.717) is 31.1 Å². The van der Waals surface area contributed by atoms with Gasteiger partial charge in [0.1, 0.15) is 6.04 Å². The summed E-state index contributed by atoms with van der Waals surface area (Å²) in [6, 6.07) is 17.1. The van der Waals surface area contributed by atoms with Crippen LogP contribution in [0, 0.1) is 18.3 Å². The van der Waals surface area contributed by atoms with E-state index in [1.165, 1.54) is 9.87 Å². The Kier molecular flexibility index (Phi) is 5.95. The molecule has 1 aliphatic heterocycles. The summed E-state index contributed by atoms with van der Waals surface area (Å²) in [5, 5.41) is 9.66. The Morgan fingerprint density at radius 2 is 1.59 bits per heavy atom. The largest absolute Gasteiger partial charge is 0.282 e. The van der Waals surface area contributed by atoms with Crippen molar-refractivity contribution in [3.8, 4) is 6.07 Å². The molecule has 0 bridgehead atoms. The summed E-state index contributed by atoms with van der Waals surface area (Å²) in [7, 11) is -3.48. The van der Waals surface area contributed by atoms with Gasteiger partial charge in [-0.05, 0) is 36.6 Å². The maximum Gasteiger partial charge on any atom is 0.243 e. The van der Waals surface area contributed by atoms with Crippen LogP contribution < -0.4 is 0 Å². The number of aryl methyl sites for hydroxylation is 2. The Labute approximate surface area is 161 Å². The van der Waals surface area contributed by atoms with E-state index in [1.54, 1.807) is 12.1 Å². The van der Waals surface area contributed by atoms with Crippen molar-refractivity contribution in [1.82, 2.24) is 9.21 Å². The topological polar surface area (TPSA) is 64.4 Å². The lowest BCUT2D eigenvalue weighted by Crippen LogP contribution is -2.49. The van der Waals surface area contributed by atoms with E-state index in [9.17, 15) is 13.7 Å². The van der Waals surface area contributed by atoms with Crippen LogP contribution in [0.15, 0.2) is 53.4 Å². The summed E-state index contributed by atoms with van der Waals surface area (Å²) in [5.41, 5.74) is 3.23. The van der Waals surface area contributed by atoms with E-state index in [4.69, 9.17) is 0 Å². The van der Waals surface area contributed by atoms with Gasteiger partial charge in [0.2, 0.25) is 10.0 Å². The first-order valence-corrected chi connectivity index (χ1v) is 10.7. The van der Waals surface area contributed by atoms with Gasteiger partial charge in [-0.1, -0.05) is 48.9 Å². The van der Waals surface area contributed by atoms with Gasteiger partial charge in [-0.2, -0.15) is 9.57 Å². The third kappa shape index (κ3) is 4.22. The summed E-state index contributed by atoms with van der Waals surface area (Å²) < 4.78 is 27.2. The molecule has 5 nitrogen and oxygen atoms in total. The van der Waals surface area contributed by atoms with Crippen molar-refractivity contribution in [1.29, 1.82) is 5.26 Å². The highest BCUT2D eigenvalue weighted by Crippen LogP contribution is 2.24. The molecule has 0 aromatic heterocycles. The van der Waals surface area contributed by atoms with Crippen LogP contribution in [0.1, 0.15) is 29.7 Å². The van der Waals surface area contributed by atoms with Crippen LogP contribution in [0.2, 0.25) is 0 Å². The number of benzene rings is 2. The second-order valence-corrected chi connectivity index (χ2v) is 8.82. The van der Waals surface area contributed by atoms with E-state index in [-0.39, 0.29) is 6.04 Å². The van der Waals surface area contributed by atoms with Gasteiger partial charge in [0.25, 0.3) is 0 Å². The summed E-state index contributed by atoms with van der Waals surface area (Å²) in [5.74, 6) is 0. The molecule has 6 heteroatoms. The zero-order chi connectivity index (χ0) is 19.4. The molecule has 0 saturated carbocycles. The molecule has 1 aliphatic rings. The molecule has 27 heavy (non-hydrogen) atoms. The van der Waals surface area contributed by atoms with Crippen LogP contribution in [-0.2, 0) is 16.4 Å². The molecule has 0 N–H and O–H groups in total. The summed E-state index contributed by atoms with van der Waals surface area (Å²) >= 11 is 0. The fourth-order valence-electron chi connectivity index (χ4n) is 3.36. The molecule has 3 rings (SSSR count). The minimum Gasteiger partial charge on any atom is -0.282 e. The number of nitrogens with zero attached hydrogens (tertiary/aromatic N) is 3. The van der Waals surface area contributed by atoms with E-state index >= 15 is 0 Å². The predicted molar refractivity (Wildman–Crippen MR) is 106 cm³/mol. The molecule has 2 aromatic rings. The van der Waals surface area contributed by atoms with Crippen LogP contribution >= 0.6 is 0 Å². The molecule has 2 aromatic carbocycles.